The predicted octanol–water partition coefficient (Wildman–Crippen LogP) is 6.21. The number of anilines is 1. The zero-order valence-electron chi connectivity index (χ0n) is 23.5. The van der Waals surface area contributed by atoms with Crippen LogP contribution in [-0.2, 0) is 6.54 Å². The Hall–Kier alpha value is -3.21. The van der Waals surface area contributed by atoms with Crippen LogP contribution in [0.3, 0.4) is 0 Å². The van der Waals surface area contributed by atoms with Crippen molar-refractivity contribution in [2.45, 2.75) is 32.5 Å². The maximum absolute atomic E-state index is 13.8. The van der Waals surface area contributed by atoms with E-state index in [-0.39, 0.29) is 30.4 Å². The van der Waals surface area contributed by atoms with Gasteiger partial charge in [-0.25, -0.2) is 4.98 Å². The van der Waals surface area contributed by atoms with Gasteiger partial charge in [-0.15, -0.1) is 11.3 Å². The molecule has 5 rings (SSSR count). The van der Waals surface area contributed by atoms with Crippen LogP contribution in [0.5, 0.6) is 5.75 Å². The lowest BCUT2D eigenvalue weighted by Crippen LogP contribution is -2.49. The van der Waals surface area contributed by atoms with Gasteiger partial charge < -0.3 is 20.1 Å². The van der Waals surface area contributed by atoms with Gasteiger partial charge in [0.2, 0.25) is 0 Å². The van der Waals surface area contributed by atoms with E-state index in [2.05, 4.69) is 15.2 Å². The number of hydrogen-bond donors (Lipinski definition) is 2. The number of aromatic nitrogens is 1. The van der Waals surface area contributed by atoms with Gasteiger partial charge in [-0.2, -0.15) is 0 Å². The normalized spacial score (nSPS) is 17.9. The summed E-state index contributed by atoms with van der Waals surface area (Å²) < 4.78 is 7.54. The molecule has 3 aromatic carbocycles. The maximum Gasteiger partial charge on any atom is 0.284 e. The number of hydrogen-bond acceptors (Lipinski definition) is 7. The summed E-state index contributed by atoms with van der Waals surface area (Å²) in [6.07, 6.45) is -0.349. The van der Waals surface area contributed by atoms with Crippen molar-refractivity contribution in [3.63, 3.8) is 0 Å². The van der Waals surface area contributed by atoms with Crippen LogP contribution in [0, 0.1) is 5.92 Å². The molecule has 2 heterocycles. The summed E-state index contributed by atoms with van der Waals surface area (Å²) in [5.41, 5.74) is 2.45. The number of amides is 2. The van der Waals surface area contributed by atoms with E-state index in [9.17, 15) is 14.7 Å². The fourth-order valence-electron chi connectivity index (χ4n) is 5.03. The molecule has 3 atom stereocenters. The van der Waals surface area contributed by atoms with Crippen molar-refractivity contribution >= 4 is 62.3 Å². The van der Waals surface area contributed by atoms with Gasteiger partial charge in [0.15, 0.2) is 10.8 Å². The summed E-state index contributed by atoms with van der Waals surface area (Å²) in [5, 5.41) is 14.2. The molecule has 0 bridgehead atoms. The van der Waals surface area contributed by atoms with Crippen LogP contribution < -0.4 is 10.1 Å². The standard InChI is InChI=1S/C31H32Cl2N4O4S/c1-18-14-37(19(2)17-38)31(40)21-7-6-9-25(34-29(39)30-35-24-8-4-5-10-27(24)42-30)28(21)41-26(18)16-36(3)15-20-11-12-22(32)23(33)13-20/h4-13,18-19,26,38H,14-17H2,1-3H3,(H,34,39)/t18-,19-,26+/m0/s1. The monoisotopic (exact) mass is 626 g/mol. The number of para-hydroxylation sites is 2. The number of aliphatic hydroxyl groups excluding tert-OH is 1. The molecule has 0 saturated heterocycles. The molecule has 11 heteroatoms. The topological polar surface area (TPSA) is 95.0 Å². The molecule has 8 nitrogen and oxygen atoms in total. The van der Waals surface area contributed by atoms with E-state index in [1.807, 2.05) is 57.3 Å². The predicted molar refractivity (Wildman–Crippen MR) is 168 cm³/mol. The number of carbonyl (C=O) groups is 2. The highest BCUT2D eigenvalue weighted by Gasteiger charge is 2.34. The van der Waals surface area contributed by atoms with Crippen molar-refractivity contribution in [1.82, 2.24) is 14.8 Å². The number of benzene rings is 3. The Labute approximate surface area is 258 Å². The van der Waals surface area contributed by atoms with Gasteiger partial charge in [-0.05, 0) is 55.9 Å². The third kappa shape index (κ3) is 6.55. The Kier molecular flexibility index (Phi) is 9.35. The molecule has 2 N–H and O–H groups in total. The number of fused-ring (bicyclic) bond motifs is 2. The minimum Gasteiger partial charge on any atom is -0.486 e. The molecule has 1 aromatic heterocycles. The average molecular weight is 628 g/mol. The van der Waals surface area contributed by atoms with Crippen molar-refractivity contribution in [2.24, 2.45) is 5.92 Å². The summed E-state index contributed by atoms with van der Waals surface area (Å²) in [4.78, 5) is 35.4. The first-order valence-corrected chi connectivity index (χ1v) is 15.2. The number of carbonyl (C=O) groups excluding carboxylic acids is 2. The van der Waals surface area contributed by atoms with Crippen molar-refractivity contribution in [3.05, 3.63) is 86.8 Å². The van der Waals surface area contributed by atoms with E-state index in [1.165, 1.54) is 11.3 Å². The van der Waals surface area contributed by atoms with Gasteiger partial charge in [0.05, 0.1) is 44.2 Å². The van der Waals surface area contributed by atoms with Crippen molar-refractivity contribution in [3.8, 4) is 5.75 Å². The lowest BCUT2D eigenvalue weighted by atomic mass is 9.98. The Bertz CT molecular complexity index is 1580. The molecule has 0 unspecified atom stereocenters. The second-order valence-electron chi connectivity index (χ2n) is 10.7. The summed E-state index contributed by atoms with van der Waals surface area (Å²) in [7, 11) is 1.98. The summed E-state index contributed by atoms with van der Waals surface area (Å²) in [6, 6.07) is 17.8. The van der Waals surface area contributed by atoms with Gasteiger partial charge in [0, 0.05) is 25.6 Å². The van der Waals surface area contributed by atoms with Gasteiger partial charge in [-0.3, -0.25) is 14.5 Å². The number of likely N-dealkylation sites (N-methyl/N-ethyl adjacent to an activating group) is 1. The second-order valence-corrected chi connectivity index (χ2v) is 12.5. The minimum absolute atomic E-state index is 0.0969. The number of aliphatic hydroxyl groups is 1. The average Bonchev–Trinajstić information content (AvgIpc) is 3.41. The van der Waals surface area contributed by atoms with Gasteiger partial charge in [0.1, 0.15) is 6.10 Å². The van der Waals surface area contributed by atoms with Crippen molar-refractivity contribution in [1.29, 1.82) is 0 Å². The van der Waals surface area contributed by atoms with Crippen LogP contribution in [0.25, 0.3) is 10.2 Å². The van der Waals surface area contributed by atoms with Gasteiger partial charge >= 0.3 is 0 Å². The van der Waals surface area contributed by atoms with E-state index < -0.39 is 6.04 Å². The number of halogens is 2. The van der Waals surface area contributed by atoms with E-state index in [4.69, 9.17) is 27.9 Å². The molecule has 220 valence electrons. The summed E-state index contributed by atoms with van der Waals surface area (Å²) >= 11 is 13.6. The van der Waals surface area contributed by atoms with Gasteiger partial charge in [0.25, 0.3) is 11.8 Å². The third-order valence-electron chi connectivity index (χ3n) is 7.36. The molecule has 0 aliphatic carbocycles. The number of rotatable bonds is 8. The lowest BCUT2D eigenvalue weighted by Gasteiger charge is -2.38. The van der Waals surface area contributed by atoms with Crippen LogP contribution >= 0.6 is 34.5 Å². The van der Waals surface area contributed by atoms with E-state index >= 15 is 0 Å². The zero-order chi connectivity index (χ0) is 30.0. The molecule has 4 aromatic rings. The molecule has 0 radical (unpaired) electrons. The van der Waals surface area contributed by atoms with Crippen LogP contribution in [-0.4, -0.2) is 70.6 Å². The third-order valence-corrected chi connectivity index (χ3v) is 9.13. The first-order valence-electron chi connectivity index (χ1n) is 13.7. The Balaban J connectivity index is 1.46. The molecule has 42 heavy (non-hydrogen) atoms. The lowest BCUT2D eigenvalue weighted by molar-refractivity contribution is 0.0343. The number of nitrogens with zero attached hydrogens (tertiary/aromatic N) is 3. The highest BCUT2D eigenvalue weighted by atomic mass is 35.5. The molecule has 0 saturated carbocycles. The van der Waals surface area contributed by atoms with E-state index in [0.29, 0.717) is 51.7 Å². The molecule has 1 aliphatic rings. The minimum atomic E-state index is -0.401. The molecule has 0 fully saturated rings. The molecule has 2 amide bonds. The highest BCUT2D eigenvalue weighted by molar-refractivity contribution is 7.20. The Morgan fingerprint density at radius 3 is 2.71 bits per heavy atom. The fraction of sp³-hybridized carbons (Fsp3) is 0.323. The number of nitrogens with one attached hydrogen (secondary N) is 1. The summed E-state index contributed by atoms with van der Waals surface area (Å²) in [6.45, 7) is 5.18. The quantitative estimate of drug-likeness (QED) is 0.241. The molecular weight excluding hydrogens is 595 g/mol. The van der Waals surface area contributed by atoms with Crippen LogP contribution in [0.4, 0.5) is 5.69 Å². The first kappa shape index (κ1) is 30.3. The van der Waals surface area contributed by atoms with Crippen molar-refractivity contribution in [2.75, 3.05) is 32.1 Å². The molecular formula is C31H32Cl2N4O4S. The van der Waals surface area contributed by atoms with Crippen LogP contribution in [0.15, 0.2) is 60.7 Å². The highest BCUT2D eigenvalue weighted by Crippen LogP contribution is 2.36. The molecule has 0 spiro atoms. The fourth-order valence-corrected chi connectivity index (χ4v) is 6.21. The summed E-state index contributed by atoms with van der Waals surface area (Å²) in [5.74, 6) is -0.450. The SMILES string of the molecule is C[C@H]1CN([C@@H](C)CO)C(=O)c2cccc(NC(=O)c3nc4ccccc4s3)c2O[C@@H]1CN(C)Cc1ccc(Cl)c(Cl)c1. The Morgan fingerprint density at radius 2 is 1.98 bits per heavy atom. The first-order chi connectivity index (χ1) is 20.1. The van der Waals surface area contributed by atoms with E-state index in [1.54, 1.807) is 29.2 Å². The van der Waals surface area contributed by atoms with Crippen LogP contribution in [0.1, 0.15) is 39.6 Å². The number of ether oxygens (including phenoxy) is 1. The van der Waals surface area contributed by atoms with Crippen molar-refractivity contribution < 1.29 is 19.4 Å². The largest absolute Gasteiger partial charge is 0.486 e. The van der Waals surface area contributed by atoms with E-state index in [0.717, 1.165) is 15.8 Å². The second kappa shape index (κ2) is 13.0. The maximum atomic E-state index is 13.8. The van der Waals surface area contributed by atoms with Gasteiger partial charge in [-0.1, -0.05) is 54.4 Å². The zero-order valence-corrected chi connectivity index (χ0v) is 25.8. The smallest absolute Gasteiger partial charge is 0.284 e. The number of thiazole rings is 1. The molecule has 1 aliphatic heterocycles. The van der Waals surface area contributed by atoms with Crippen LogP contribution in [0.2, 0.25) is 10.0 Å². The Morgan fingerprint density at radius 1 is 1.19 bits per heavy atom.